The molecule has 2 aromatic rings. The van der Waals surface area contributed by atoms with Crippen LogP contribution in [0.25, 0.3) is 0 Å². The van der Waals surface area contributed by atoms with Crippen molar-refractivity contribution >= 4 is 15.9 Å². The number of amides is 1. The summed E-state index contributed by atoms with van der Waals surface area (Å²) in [5.74, 6) is -0.272. The Morgan fingerprint density at radius 2 is 1.68 bits per heavy atom. The second kappa shape index (κ2) is 9.94. The molecule has 6 nitrogen and oxygen atoms in total. The number of hydrogen-bond acceptors (Lipinski definition) is 4. The number of sulfonamides is 1. The number of piperidine rings is 1. The van der Waals surface area contributed by atoms with E-state index in [1.807, 2.05) is 25.1 Å². The molecule has 7 heteroatoms. The molecule has 1 N–H and O–H groups in total. The Labute approximate surface area is 186 Å². The van der Waals surface area contributed by atoms with Crippen LogP contribution in [-0.2, 0) is 23.1 Å². The average Bonchev–Trinajstić information content (AvgIpc) is 2.75. The molecule has 0 spiro atoms. The van der Waals surface area contributed by atoms with Gasteiger partial charge in [-0.25, -0.2) is 12.7 Å². The predicted molar refractivity (Wildman–Crippen MR) is 124 cm³/mol. The number of hydrogen-bond donors (Lipinski definition) is 1. The molecule has 31 heavy (non-hydrogen) atoms. The first-order chi connectivity index (χ1) is 14.7. The van der Waals surface area contributed by atoms with Crippen LogP contribution in [0.5, 0.6) is 0 Å². The van der Waals surface area contributed by atoms with Crippen LogP contribution in [0.1, 0.15) is 51.9 Å². The lowest BCUT2D eigenvalue weighted by molar-refractivity contribution is 0.0950. The van der Waals surface area contributed by atoms with Crippen molar-refractivity contribution in [2.24, 2.45) is 0 Å². The van der Waals surface area contributed by atoms with E-state index in [4.69, 9.17) is 0 Å². The number of nitrogens with one attached hydrogen (secondary N) is 1. The summed E-state index contributed by atoms with van der Waals surface area (Å²) in [6.45, 7) is 7.13. The topological polar surface area (TPSA) is 69.7 Å². The molecular formula is C24H33N3O3S. The molecule has 0 unspecified atom stereocenters. The van der Waals surface area contributed by atoms with Crippen molar-refractivity contribution in [1.82, 2.24) is 14.5 Å². The van der Waals surface area contributed by atoms with Gasteiger partial charge in [0.25, 0.3) is 5.91 Å². The standard InChI is InChI=1S/C24H33N3O3S/c1-18-14-22(15-23(19(18)2)31(29,30)26(3)4)24(28)25-16-20-10-6-7-11-21(20)17-27-12-8-5-9-13-27/h6-7,10-11,14-15H,5,8-9,12-13,16-17H2,1-4H3,(H,25,28). The third-order valence-electron chi connectivity index (χ3n) is 6.04. The molecule has 1 heterocycles. The van der Waals surface area contributed by atoms with E-state index in [0.717, 1.165) is 30.8 Å². The molecule has 1 aliphatic rings. The van der Waals surface area contributed by atoms with Crippen LogP contribution in [0.4, 0.5) is 0 Å². The summed E-state index contributed by atoms with van der Waals surface area (Å²) in [7, 11) is -0.636. The monoisotopic (exact) mass is 443 g/mol. The summed E-state index contributed by atoms with van der Waals surface area (Å²) in [6.07, 6.45) is 3.78. The van der Waals surface area contributed by atoms with Crippen molar-refractivity contribution in [3.63, 3.8) is 0 Å². The molecule has 0 atom stereocenters. The third-order valence-corrected chi connectivity index (χ3v) is 7.98. The first kappa shape index (κ1) is 23.4. The summed E-state index contributed by atoms with van der Waals surface area (Å²) in [5, 5.41) is 2.98. The van der Waals surface area contributed by atoms with Crippen LogP contribution in [0.3, 0.4) is 0 Å². The van der Waals surface area contributed by atoms with Crippen LogP contribution >= 0.6 is 0 Å². The highest BCUT2D eigenvalue weighted by atomic mass is 32.2. The van der Waals surface area contributed by atoms with Gasteiger partial charge in [-0.3, -0.25) is 9.69 Å². The van der Waals surface area contributed by atoms with Gasteiger partial charge in [-0.1, -0.05) is 30.7 Å². The molecule has 0 aromatic heterocycles. The lowest BCUT2D eigenvalue weighted by atomic mass is 10.0. The second-order valence-electron chi connectivity index (χ2n) is 8.49. The zero-order valence-electron chi connectivity index (χ0n) is 18.9. The van der Waals surface area contributed by atoms with E-state index in [0.29, 0.717) is 17.7 Å². The molecule has 0 aliphatic carbocycles. The highest BCUT2D eigenvalue weighted by Crippen LogP contribution is 2.23. The van der Waals surface area contributed by atoms with Gasteiger partial charge in [0.15, 0.2) is 0 Å². The molecule has 1 saturated heterocycles. The minimum atomic E-state index is -3.63. The minimum Gasteiger partial charge on any atom is -0.348 e. The van der Waals surface area contributed by atoms with Crippen molar-refractivity contribution in [3.8, 4) is 0 Å². The number of aryl methyl sites for hydroxylation is 1. The highest BCUT2D eigenvalue weighted by Gasteiger charge is 2.23. The Kier molecular flexibility index (Phi) is 7.51. The van der Waals surface area contributed by atoms with Crippen LogP contribution in [-0.4, -0.2) is 50.7 Å². The Morgan fingerprint density at radius 1 is 1.03 bits per heavy atom. The lowest BCUT2D eigenvalue weighted by Gasteiger charge is -2.27. The van der Waals surface area contributed by atoms with E-state index in [-0.39, 0.29) is 10.8 Å². The number of benzene rings is 2. The fraction of sp³-hybridized carbons (Fsp3) is 0.458. The number of rotatable bonds is 7. The fourth-order valence-corrected chi connectivity index (χ4v) is 5.16. The van der Waals surface area contributed by atoms with Gasteiger partial charge >= 0.3 is 0 Å². The van der Waals surface area contributed by atoms with Gasteiger partial charge < -0.3 is 5.32 Å². The molecule has 1 fully saturated rings. The molecule has 0 radical (unpaired) electrons. The quantitative estimate of drug-likeness (QED) is 0.711. The van der Waals surface area contributed by atoms with Gasteiger partial charge in [0, 0.05) is 32.7 Å². The van der Waals surface area contributed by atoms with Crippen molar-refractivity contribution in [2.45, 2.75) is 51.1 Å². The van der Waals surface area contributed by atoms with E-state index in [1.165, 1.54) is 49.3 Å². The van der Waals surface area contributed by atoms with Crippen LogP contribution < -0.4 is 5.32 Å². The molecule has 168 valence electrons. The van der Waals surface area contributed by atoms with Crippen molar-refractivity contribution in [2.75, 3.05) is 27.2 Å². The molecule has 1 amide bonds. The minimum absolute atomic E-state index is 0.174. The number of carbonyl (C=O) groups is 1. The Bertz CT molecular complexity index is 1040. The highest BCUT2D eigenvalue weighted by molar-refractivity contribution is 7.89. The molecular weight excluding hydrogens is 410 g/mol. The van der Waals surface area contributed by atoms with E-state index < -0.39 is 10.0 Å². The summed E-state index contributed by atoms with van der Waals surface area (Å²) >= 11 is 0. The molecule has 0 bridgehead atoms. The van der Waals surface area contributed by atoms with Gasteiger partial charge in [0.2, 0.25) is 10.0 Å². The number of likely N-dealkylation sites (tertiary alicyclic amines) is 1. The first-order valence-corrected chi connectivity index (χ1v) is 12.3. The summed E-state index contributed by atoms with van der Waals surface area (Å²) < 4.78 is 26.5. The van der Waals surface area contributed by atoms with Gasteiger partial charge in [-0.05, 0) is 74.2 Å². The van der Waals surface area contributed by atoms with E-state index in [2.05, 4.69) is 16.3 Å². The maximum atomic E-state index is 12.9. The molecule has 1 aliphatic heterocycles. The molecule has 0 saturated carbocycles. The van der Waals surface area contributed by atoms with Crippen LogP contribution in [0.2, 0.25) is 0 Å². The SMILES string of the molecule is Cc1cc(C(=O)NCc2ccccc2CN2CCCCC2)cc(S(=O)(=O)N(C)C)c1C. The van der Waals surface area contributed by atoms with E-state index >= 15 is 0 Å². The van der Waals surface area contributed by atoms with Crippen LogP contribution in [0.15, 0.2) is 41.3 Å². The average molecular weight is 444 g/mol. The zero-order chi connectivity index (χ0) is 22.6. The van der Waals surface area contributed by atoms with Crippen LogP contribution in [0, 0.1) is 13.8 Å². The lowest BCUT2D eigenvalue weighted by Crippen LogP contribution is -2.30. The fourth-order valence-electron chi connectivity index (χ4n) is 3.94. The third kappa shape index (κ3) is 5.53. The van der Waals surface area contributed by atoms with Crippen molar-refractivity contribution in [1.29, 1.82) is 0 Å². The molecule has 3 rings (SSSR count). The zero-order valence-corrected chi connectivity index (χ0v) is 19.8. The first-order valence-electron chi connectivity index (χ1n) is 10.8. The Hall–Kier alpha value is -2.22. The molecule has 2 aromatic carbocycles. The van der Waals surface area contributed by atoms with Crippen molar-refractivity contribution < 1.29 is 13.2 Å². The van der Waals surface area contributed by atoms with Gasteiger partial charge in [-0.15, -0.1) is 0 Å². The Balaban J connectivity index is 1.77. The van der Waals surface area contributed by atoms with Crippen molar-refractivity contribution in [3.05, 3.63) is 64.2 Å². The van der Waals surface area contributed by atoms with E-state index in [1.54, 1.807) is 13.0 Å². The smallest absolute Gasteiger partial charge is 0.251 e. The van der Waals surface area contributed by atoms with E-state index in [9.17, 15) is 13.2 Å². The summed E-state index contributed by atoms with van der Waals surface area (Å²) in [6, 6.07) is 11.4. The maximum Gasteiger partial charge on any atom is 0.251 e. The number of nitrogens with zero attached hydrogens (tertiary/aromatic N) is 2. The Morgan fingerprint density at radius 3 is 2.32 bits per heavy atom. The summed E-state index contributed by atoms with van der Waals surface area (Å²) in [5.41, 5.74) is 4.11. The summed E-state index contributed by atoms with van der Waals surface area (Å²) in [4.78, 5) is 15.5. The normalized spacial score (nSPS) is 15.3. The van der Waals surface area contributed by atoms with Gasteiger partial charge in [0.1, 0.15) is 0 Å². The van der Waals surface area contributed by atoms with Gasteiger partial charge in [-0.2, -0.15) is 0 Å². The largest absolute Gasteiger partial charge is 0.348 e. The maximum absolute atomic E-state index is 12.9. The van der Waals surface area contributed by atoms with Gasteiger partial charge in [0.05, 0.1) is 4.90 Å². The predicted octanol–water partition coefficient (Wildman–Crippen LogP) is 3.47. The number of carbonyl (C=O) groups excluding carboxylic acids is 1. The second-order valence-corrected chi connectivity index (χ2v) is 10.6.